The molecular weight excluding hydrogens is 823 g/mol. The highest BCUT2D eigenvalue weighted by Crippen LogP contribution is 2.36. The van der Waals surface area contributed by atoms with E-state index in [1.165, 1.54) is 82.7 Å². The van der Waals surface area contributed by atoms with Crippen molar-refractivity contribution in [3.8, 4) is 67.2 Å². The number of rotatable bonds is 12. The number of benzene rings is 8. The van der Waals surface area contributed by atoms with Crippen molar-refractivity contribution < 1.29 is 0 Å². The SMILES string of the molecule is Cc1ccc(-c2ccc(CCc3cc(CCc4ccc(-c5cc(C)ccn5)cc4)cc(-c4ccccc4-c4ccc(-c5cc(-c6ccc7c(ccc8ccccc87)c6)ccn5)cc4)c3)cc2)nc1. The largest absolute Gasteiger partial charge is 0.256 e. The van der Waals surface area contributed by atoms with E-state index in [1.54, 1.807) is 0 Å². The molecule has 0 atom stereocenters. The lowest BCUT2D eigenvalue weighted by atomic mass is 9.90. The summed E-state index contributed by atoms with van der Waals surface area (Å²) in [4.78, 5) is 14.1. The third-order valence-corrected chi connectivity index (χ3v) is 13.4. The minimum Gasteiger partial charge on any atom is -0.256 e. The molecule has 8 aromatic carbocycles. The molecule has 0 aliphatic rings. The summed E-state index contributed by atoms with van der Waals surface area (Å²) in [6.45, 7) is 4.19. The molecule has 3 heterocycles. The van der Waals surface area contributed by atoms with Crippen LogP contribution in [0.25, 0.3) is 88.7 Å². The summed E-state index contributed by atoms with van der Waals surface area (Å²) < 4.78 is 0. The average molecular weight is 874 g/mol. The number of aromatic nitrogens is 3. The zero-order valence-corrected chi connectivity index (χ0v) is 38.5. The van der Waals surface area contributed by atoms with Gasteiger partial charge in [0.05, 0.1) is 17.1 Å². The molecule has 0 radical (unpaired) electrons. The van der Waals surface area contributed by atoms with Gasteiger partial charge in [0, 0.05) is 35.3 Å². The summed E-state index contributed by atoms with van der Waals surface area (Å²) in [5.41, 5.74) is 21.3. The highest BCUT2D eigenvalue weighted by atomic mass is 14.7. The second kappa shape index (κ2) is 18.9. The van der Waals surface area contributed by atoms with Gasteiger partial charge in [0.1, 0.15) is 0 Å². The van der Waals surface area contributed by atoms with Crippen LogP contribution in [-0.4, -0.2) is 15.0 Å². The maximum absolute atomic E-state index is 4.84. The van der Waals surface area contributed by atoms with Gasteiger partial charge in [0.2, 0.25) is 0 Å². The molecule has 0 saturated heterocycles. The predicted octanol–water partition coefficient (Wildman–Crippen LogP) is 16.4. The second-order valence-corrected chi connectivity index (χ2v) is 18.1. The molecule has 3 nitrogen and oxygen atoms in total. The average Bonchev–Trinajstić information content (AvgIpc) is 3.40. The first-order chi connectivity index (χ1) is 33.5. The summed E-state index contributed by atoms with van der Waals surface area (Å²) in [6.07, 6.45) is 9.55. The first-order valence-electron chi connectivity index (χ1n) is 23.7. The van der Waals surface area contributed by atoms with Crippen LogP contribution in [0.3, 0.4) is 0 Å². The smallest absolute Gasteiger partial charge is 0.0708 e. The lowest BCUT2D eigenvalue weighted by Gasteiger charge is -2.15. The Bertz CT molecular complexity index is 3550. The Morgan fingerprint density at radius 3 is 1.50 bits per heavy atom. The molecule has 0 aliphatic carbocycles. The highest BCUT2D eigenvalue weighted by molar-refractivity contribution is 6.08. The Morgan fingerprint density at radius 1 is 0.294 bits per heavy atom. The molecule has 0 N–H and O–H groups in total. The molecule has 11 aromatic rings. The van der Waals surface area contributed by atoms with Crippen LogP contribution < -0.4 is 0 Å². The lowest BCUT2D eigenvalue weighted by Crippen LogP contribution is -1.98. The molecular formula is C65H51N3. The summed E-state index contributed by atoms with van der Waals surface area (Å²) in [5, 5.41) is 5.06. The Kier molecular flexibility index (Phi) is 11.8. The van der Waals surface area contributed by atoms with Crippen LogP contribution in [-0.2, 0) is 25.7 Å². The molecule has 0 unspecified atom stereocenters. The van der Waals surface area contributed by atoms with E-state index in [-0.39, 0.29) is 0 Å². The van der Waals surface area contributed by atoms with Crippen LogP contribution in [0.15, 0.2) is 225 Å². The van der Waals surface area contributed by atoms with Gasteiger partial charge in [-0.1, -0.05) is 170 Å². The number of hydrogen-bond acceptors (Lipinski definition) is 3. The van der Waals surface area contributed by atoms with E-state index in [0.717, 1.165) is 65.0 Å². The fourth-order valence-corrected chi connectivity index (χ4v) is 9.57. The number of pyridine rings is 3. The van der Waals surface area contributed by atoms with Crippen molar-refractivity contribution >= 4 is 21.5 Å². The summed E-state index contributed by atoms with van der Waals surface area (Å²) >= 11 is 0. The van der Waals surface area contributed by atoms with Gasteiger partial charge in [0.15, 0.2) is 0 Å². The molecule has 0 saturated carbocycles. The number of fused-ring (bicyclic) bond motifs is 3. The minimum absolute atomic E-state index is 0.945. The molecule has 326 valence electrons. The van der Waals surface area contributed by atoms with E-state index in [0.29, 0.717) is 0 Å². The zero-order chi connectivity index (χ0) is 45.8. The Hall–Kier alpha value is -8.27. The van der Waals surface area contributed by atoms with Crippen molar-refractivity contribution in [3.63, 3.8) is 0 Å². The normalized spacial score (nSPS) is 11.3. The van der Waals surface area contributed by atoms with E-state index in [1.807, 2.05) is 24.7 Å². The van der Waals surface area contributed by atoms with Gasteiger partial charge in [-0.15, -0.1) is 0 Å². The quantitative estimate of drug-likeness (QED) is 0.115. The molecule has 68 heavy (non-hydrogen) atoms. The number of aryl methyl sites for hydroxylation is 6. The molecule has 0 amide bonds. The van der Waals surface area contributed by atoms with Gasteiger partial charge in [-0.3, -0.25) is 15.0 Å². The van der Waals surface area contributed by atoms with Crippen molar-refractivity contribution in [2.75, 3.05) is 0 Å². The van der Waals surface area contributed by atoms with Crippen LogP contribution in [0.4, 0.5) is 0 Å². The third kappa shape index (κ3) is 9.25. The maximum Gasteiger partial charge on any atom is 0.0708 e. The maximum atomic E-state index is 4.84. The van der Waals surface area contributed by atoms with Crippen molar-refractivity contribution in [2.24, 2.45) is 0 Å². The third-order valence-electron chi connectivity index (χ3n) is 13.4. The number of nitrogens with zero attached hydrogens (tertiary/aromatic N) is 3. The fraction of sp³-hybridized carbons (Fsp3) is 0.0923. The highest BCUT2D eigenvalue weighted by Gasteiger charge is 2.13. The topological polar surface area (TPSA) is 38.7 Å². The van der Waals surface area contributed by atoms with E-state index < -0.39 is 0 Å². The summed E-state index contributed by atoms with van der Waals surface area (Å²) in [7, 11) is 0. The molecule has 3 heteroatoms. The Morgan fingerprint density at radius 2 is 0.824 bits per heavy atom. The first kappa shape index (κ1) is 42.4. The van der Waals surface area contributed by atoms with Crippen molar-refractivity contribution in [2.45, 2.75) is 39.5 Å². The van der Waals surface area contributed by atoms with Crippen molar-refractivity contribution in [1.82, 2.24) is 15.0 Å². The van der Waals surface area contributed by atoms with E-state index in [2.05, 4.69) is 224 Å². The summed E-state index contributed by atoms with van der Waals surface area (Å²) in [6, 6.07) is 75.5. The Labute approximate surface area is 399 Å². The molecule has 0 aliphatic heterocycles. The van der Waals surface area contributed by atoms with Gasteiger partial charge in [0.25, 0.3) is 0 Å². The van der Waals surface area contributed by atoms with Gasteiger partial charge in [-0.05, 0) is 164 Å². The van der Waals surface area contributed by atoms with Crippen LogP contribution in [0.2, 0.25) is 0 Å². The van der Waals surface area contributed by atoms with Gasteiger partial charge in [-0.2, -0.15) is 0 Å². The molecule has 3 aromatic heterocycles. The van der Waals surface area contributed by atoms with Crippen molar-refractivity contribution in [3.05, 3.63) is 258 Å². The zero-order valence-electron chi connectivity index (χ0n) is 38.5. The van der Waals surface area contributed by atoms with Gasteiger partial charge >= 0.3 is 0 Å². The first-order valence-corrected chi connectivity index (χ1v) is 23.7. The Balaban J connectivity index is 0.866. The van der Waals surface area contributed by atoms with Crippen LogP contribution in [0, 0.1) is 13.8 Å². The standard InChI is InChI=1S/C65H51N3/c1-44-33-35-66-64(37-44)53-22-18-47(19-23-53)13-15-49-38-48(14-12-46-16-20-52(21-17-46)63-32-11-45(2)43-68-63)39-58(40-49)61-10-6-5-9-60(61)51-24-27-54(28-25-51)65-42-56(34-36-67-65)55-30-31-62-57(41-55)29-26-50-7-3-4-8-59(50)62/h3-11,16-43H,12-15H2,1-2H3. The van der Waals surface area contributed by atoms with Crippen LogP contribution in [0.1, 0.15) is 33.4 Å². The van der Waals surface area contributed by atoms with Crippen LogP contribution in [0.5, 0.6) is 0 Å². The van der Waals surface area contributed by atoms with Gasteiger partial charge < -0.3 is 0 Å². The molecule has 0 bridgehead atoms. The van der Waals surface area contributed by atoms with Crippen LogP contribution >= 0.6 is 0 Å². The second-order valence-electron chi connectivity index (χ2n) is 18.1. The monoisotopic (exact) mass is 873 g/mol. The molecule has 11 rings (SSSR count). The fourth-order valence-electron chi connectivity index (χ4n) is 9.57. The molecule has 0 spiro atoms. The molecule has 0 fully saturated rings. The van der Waals surface area contributed by atoms with Crippen molar-refractivity contribution in [1.29, 1.82) is 0 Å². The lowest BCUT2D eigenvalue weighted by molar-refractivity contribution is 0.931. The number of hydrogen-bond donors (Lipinski definition) is 0. The summed E-state index contributed by atoms with van der Waals surface area (Å²) in [5.74, 6) is 0. The van der Waals surface area contributed by atoms with E-state index >= 15 is 0 Å². The predicted molar refractivity (Wildman–Crippen MR) is 285 cm³/mol. The van der Waals surface area contributed by atoms with E-state index in [4.69, 9.17) is 4.98 Å². The van der Waals surface area contributed by atoms with E-state index in [9.17, 15) is 0 Å². The minimum atomic E-state index is 0.945. The van der Waals surface area contributed by atoms with Gasteiger partial charge in [-0.25, -0.2) is 0 Å².